The van der Waals surface area contributed by atoms with Crippen LogP contribution in [0.15, 0.2) is 21.2 Å². The van der Waals surface area contributed by atoms with Gasteiger partial charge in [0, 0.05) is 19.1 Å². The molecule has 2 fully saturated rings. The fourth-order valence-corrected chi connectivity index (χ4v) is 2.90. The molecule has 3 rings (SSSR count). The van der Waals surface area contributed by atoms with Crippen molar-refractivity contribution in [3.8, 4) is 0 Å². The van der Waals surface area contributed by atoms with Gasteiger partial charge in [0.05, 0.1) is 10.7 Å². The Hall–Kier alpha value is -0.520. The first kappa shape index (κ1) is 15.9. The second kappa shape index (κ2) is 6.96. The number of carbonyl (C=O) groups excluding carboxylic acids is 1. The van der Waals surface area contributed by atoms with Crippen LogP contribution in [0.2, 0.25) is 0 Å². The first-order valence-corrected chi connectivity index (χ1v) is 7.79. The monoisotopic (exact) mass is 362 g/mol. The number of furan rings is 1. The van der Waals surface area contributed by atoms with E-state index >= 15 is 0 Å². The molecule has 1 aliphatic heterocycles. The third-order valence-corrected chi connectivity index (χ3v) is 4.61. The van der Waals surface area contributed by atoms with E-state index in [9.17, 15) is 4.79 Å². The second-order valence-corrected chi connectivity index (χ2v) is 6.37. The Kier molecular flexibility index (Phi) is 5.52. The van der Waals surface area contributed by atoms with Crippen LogP contribution in [0, 0.1) is 5.92 Å². The summed E-state index contributed by atoms with van der Waals surface area (Å²) in [5.41, 5.74) is 0. The number of carbonyl (C=O) groups is 1. The van der Waals surface area contributed by atoms with E-state index in [1.54, 1.807) is 12.3 Å². The molecule has 1 saturated heterocycles. The third kappa shape index (κ3) is 3.77. The van der Waals surface area contributed by atoms with Crippen LogP contribution in [0.3, 0.4) is 0 Å². The lowest BCUT2D eigenvalue weighted by molar-refractivity contribution is 0.0671. The second-order valence-electron chi connectivity index (χ2n) is 5.52. The summed E-state index contributed by atoms with van der Waals surface area (Å²) in [4.78, 5) is 14.1. The Bertz CT molecular complexity index is 454. The highest BCUT2D eigenvalue weighted by Crippen LogP contribution is 2.28. The molecule has 0 unspecified atom stereocenters. The number of nitrogens with one attached hydrogen (secondary N) is 1. The van der Waals surface area contributed by atoms with Crippen molar-refractivity contribution in [2.75, 3.05) is 19.6 Å². The lowest BCUT2D eigenvalue weighted by atomic mass is 10.0. The summed E-state index contributed by atoms with van der Waals surface area (Å²) in [5, 5.41) is 3.62. The molecular formula is C14H20BrClN2O2. The highest BCUT2D eigenvalue weighted by Gasteiger charge is 2.28. The highest BCUT2D eigenvalue weighted by molar-refractivity contribution is 9.10. The Morgan fingerprint density at radius 3 is 2.60 bits per heavy atom. The van der Waals surface area contributed by atoms with Crippen LogP contribution in [0.1, 0.15) is 36.2 Å². The number of likely N-dealkylation sites (tertiary alicyclic amines) is 1. The highest BCUT2D eigenvalue weighted by atomic mass is 79.9. The van der Waals surface area contributed by atoms with E-state index in [0.717, 1.165) is 42.9 Å². The van der Waals surface area contributed by atoms with Gasteiger partial charge in [0.2, 0.25) is 5.76 Å². The van der Waals surface area contributed by atoms with Gasteiger partial charge in [-0.3, -0.25) is 4.79 Å². The van der Waals surface area contributed by atoms with E-state index < -0.39 is 0 Å². The van der Waals surface area contributed by atoms with E-state index in [0.29, 0.717) is 11.8 Å². The Labute approximate surface area is 133 Å². The zero-order valence-corrected chi connectivity index (χ0v) is 13.7. The van der Waals surface area contributed by atoms with E-state index in [2.05, 4.69) is 21.2 Å². The maximum absolute atomic E-state index is 12.2. The largest absolute Gasteiger partial charge is 0.458 e. The van der Waals surface area contributed by atoms with Crippen molar-refractivity contribution in [1.82, 2.24) is 10.2 Å². The standard InChI is InChI=1S/C14H19BrN2O2.ClH/c15-12-5-8-19-13(12)14(18)17-6-3-11(4-7-17)16-9-10-1-2-10;/h5,8,10-11,16H,1-4,6-7,9H2;1H. The molecule has 0 bridgehead atoms. The molecule has 112 valence electrons. The predicted octanol–water partition coefficient (Wildman–Crippen LogP) is 3.07. The number of amides is 1. The molecule has 20 heavy (non-hydrogen) atoms. The lowest BCUT2D eigenvalue weighted by Gasteiger charge is -2.32. The number of piperidine rings is 1. The Morgan fingerprint density at radius 1 is 1.35 bits per heavy atom. The first-order valence-electron chi connectivity index (χ1n) is 6.99. The summed E-state index contributed by atoms with van der Waals surface area (Å²) in [6.07, 6.45) is 6.39. The van der Waals surface area contributed by atoms with E-state index in [1.807, 2.05) is 4.90 Å². The summed E-state index contributed by atoms with van der Waals surface area (Å²) < 4.78 is 5.98. The zero-order chi connectivity index (χ0) is 13.2. The fraction of sp³-hybridized carbons (Fsp3) is 0.643. The summed E-state index contributed by atoms with van der Waals surface area (Å²) in [7, 11) is 0. The maximum Gasteiger partial charge on any atom is 0.290 e. The van der Waals surface area contributed by atoms with Crippen LogP contribution in [-0.4, -0.2) is 36.5 Å². The average molecular weight is 364 g/mol. The lowest BCUT2D eigenvalue weighted by Crippen LogP contribution is -2.45. The van der Waals surface area contributed by atoms with Gasteiger partial charge in [-0.15, -0.1) is 12.4 Å². The van der Waals surface area contributed by atoms with Crippen molar-refractivity contribution in [2.45, 2.75) is 31.7 Å². The minimum atomic E-state index is -0.00230. The van der Waals surface area contributed by atoms with Gasteiger partial charge in [-0.1, -0.05) is 0 Å². The molecule has 4 nitrogen and oxygen atoms in total. The minimum absolute atomic E-state index is 0. The fourth-order valence-electron chi connectivity index (χ4n) is 2.53. The van der Waals surface area contributed by atoms with Crippen molar-refractivity contribution in [2.24, 2.45) is 5.92 Å². The molecule has 1 amide bonds. The van der Waals surface area contributed by atoms with Crippen molar-refractivity contribution >= 4 is 34.2 Å². The summed E-state index contributed by atoms with van der Waals surface area (Å²) >= 11 is 3.34. The van der Waals surface area contributed by atoms with Crippen LogP contribution in [0.4, 0.5) is 0 Å². The van der Waals surface area contributed by atoms with Gasteiger partial charge in [-0.05, 0) is 60.1 Å². The number of halogens is 2. The molecule has 1 saturated carbocycles. The summed E-state index contributed by atoms with van der Waals surface area (Å²) in [5.74, 6) is 1.33. The molecule has 2 heterocycles. The van der Waals surface area contributed by atoms with Crippen molar-refractivity contribution in [3.05, 3.63) is 22.6 Å². The maximum atomic E-state index is 12.2. The number of rotatable bonds is 4. The Balaban J connectivity index is 0.00000147. The molecule has 1 aromatic heterocycles. The topological polar surface area (TPSA) is 45.5 Å². The number of nitrogens with zero attached hydrogens (tertiary/aromatic N) is 1. The smallest absolute Gasteiger partial charge is 0.290 e. The van der Waals surface area contributed by atoms with Crippen LogP contribution < -0.4 is 5.32 Å². The van der Waals surface area contributed by atoms with Crippen molar-refractivity contribution in [3.63, 3.8) is 0 Å². The molecule has 0 spiro atoms. The molecule has 0 radical (unpaired) electrons. The van der Waals surface area contributed by atoms with Gasteiger partial charge in [0.25, 0.3) is 5.91 Å². The van der Waals surface area contributed by atoms with Crippen LogP contribution >= 0.6 is 28.3 Å². The molecule has 0 aromatic carbocycles. The van der Waals surface area contributed by atoms with Crippen molar-refractivity contribution < 1.29 is 9.21 Å². The van der Waals surface area contributed by atoms with Gasteiger partial charge in [0.1, 0.15) is 0 Å². The van der Waals surface area contributed by atoms with Crippen LogP contribution in [0.5, 0.6) is 0 Å². The molecule has 1 aliphatic carbocycles. The van der Waals surface area contributed by atoms with Gasteiger partial charge < -0.3 is 14.6 Å². The summed E-state index contributed by atoms with van der Waals surface area (Å²) in [6, 6.07) is 2.33. The van der Waals surface area contributed by atoms with Crippen LogP contribution in [-0.2, 0) is 0 Å². The zero-order valence-electron chi connectivity index (χ0n) is 11.3. The van der Waals surface area contributed by atoms with E-state index in [-0.39, 0.29) is 18.3 Å². The predicted molar refractivity (Wildman–Crippen MR) is 83.3 cm³/mol. The van der Waals surface area contributed by atoms with Gasteiger partial charge in [0.15, 0.2) is 0 Å². The Morgan fingerprint density at radius 2 is 2.05 bits per heavy atom. The molecule has 0 atom stereocenters. The van der Waals surface area contributed by atoms with Gasteiger partial charge >= 0.3 is 0 Å². The van der Waals surface area contributed by atoms with Gasteiger partial charge in [-0.25, -0.2) is 0 Å². The first-order chi connectivity index (χ1) is 9.24. The van der Waals surface area contributed by atoms with Crippen molar-refractivity contribution in [1.29, 1.82) is 0 Å². The molecular weight excluding hydrogens is 344 g/mol. The molecule has 1 N–H and O–H groups in total. The SMILES string of the molecule is Cl.O=C(c1occc1Br)N1CCC(NCC2CC2)CC1. The van der Waals surface area contributed by atoms with E-state index in [1.165, 1.54) is 12.8 Å². The molecule has 2 aliphatic rings. The summed E-state index contributed by atoms with van der Waals surface area (Å²) in [6.45, 7) is 2.78. The minimum Gasteiger partial charge on any atom is -0.458 e. The number of hydrogen-bond donors (Lipinski definition) is 1. The molecule has 1 aromatic rings. The number of hydrogen-bond acceptors (Lipinski definition) is 3. The normalized spacial score (nSPS) is 19.8. The molecule has 6 heteroatoms. The van der Waals surface area contributed by atoms with E-state index in [4.69, 9.17) is 4.42 Å². The third-order valence-electron chi connectivity index (χ3n) is 3.99. The average Bonchev–Trinajstić information content (AvgIpc) is 3.17. The van der Waals surface area contributed by atoms with Gasteiger partial charge in [-0.2, -0.15) is 0 Å². The van der Waals surface area contributed by atoms with Crippen LogP contribution in [0.25, 0.3) is 0 Å². The quantitative estimate of drug-likeness (QED) is 0.894.